The minimum atomic E-state index is -0.356. The van der Waals surface area contributed by atoms with Gasteiger partial charge >= 0.3 is 0 Å². The van der Waals surface area contributed by atoms with Crippen LogP contribution in [0.25, 0.3) is 0 Å². The molecule has 0 radical (unpaired) electrons. The number of carbonyl (C=O) groups excluding carboxylic acids is 1. The molecule has 3 nitrogen and oxygen atoms in total. The predicted molar refractivity (Wildman–Crippen MR) is 76.7 cm³/mol. The first-order chi connectivity index (χ1) is 8.99. The number of hydrogen-bond donors (Lipinski definition) is 1. The maximum absolute atomic E-state index is 13.0. The van der Waals surface area contributed by atoms with E-state index in [9.17, 15) is 9.18 Å². The Morgan fingerprint density at radius 3 is 2.84 bits per heavy atom. The molecule has 0 aromatic heterocycles. The van der Waals surface area contributed by atoms with Gasteiger partial charge in [0.05, 0.1) is 5.56 Å². The van der Waals surface area contributed by atoms with E-state index in [1.54, 1.807) is 0 Å². The number of carbonyl (C=O) groups is 1. The van der Waals surface area contributed by atoms with Crippen LogP contribution in [0.4, 0.5) is 4.39 Å². The third-order valence-corrected chi connectivity index (χ3v) is 4.21. The van der Waals surface area contributed by atoms with Gasteiger partial charge in [-0.3, -0.25) is 9.69 Å². The number of benzene rings is 1. The first kappa shape index (κ1) is 14.5. The second kappa shape index (κ2) is 6.01. The number of amides is 1. The summed E-state index contributed by atoms with van der Waals surface area (Å²) in [5.41, 5.74) is 0.461. The minimum absolute atomic E-state index is 0.178. The summed E-state index contributed by atoms with van der Waals surface area (Å²) in [6.45, 7) is 2.69. The fraction of sp³-hybridized carbons (Fsp3) is 0.500. The van der Waals surface area contributed by atoms with Crippen LogP contribution in [-0.2, 0) is 0 Å². The second-order valence-corrected chi connectivity index (χ2v) is 5.93. The molecular weight excluding hydrogens is 311 g/mol. The van der Waals surface area contributed by atoms with E-state index in [-0.39, 0.29) is 11.7 Å². The standard InChI is InChI=1S/C14H18BrFN2O/c1-9(18(2)11-4-5-11)8-17-14(19)12-6-3-10(16)7-13(12)15/h3,6-7,9,11H,4-5,8H2,1-2H3,(H,17,19). The lowest BCUT2D eigenvalue weighted by Crippen LogP contribution is -2.41. The average Bonchev–Trinajstić information content (AvgIpc) is 3.18. The van der Waals surface area contributed by atoms with Crippen molar-refractivity contribution in [2.75, 3.05) is 13.6 Å². The summed E-state index contributed by atoms with van der Waals surface area (Å²) in [6, 6.07) is 5.05. The number of halogens is 2. The summed E-state index contributed by atoms with van der Waals surface area (Å²) in [6.07, 6.45) is 2.50. The molecular formula is C14H18BrFN2O. The van der Waals surface area contributed by atoms with E-state index in [1.165, 1.54) is 31.0 Å². The number of nitrogens with one attached hydrogen (secondary N) is 1. The molecule has 0 bridgehead atoms. The molecule has 0 spiro atoms. The van der Waals surface area contributed by atoms with Gasteiger partial charge in [-0.05, 0) is 60.9 Å². The summed E-state index contributed by atoms with van der Waals surface area (Å²) < 4.78 is 13.4. The van der Waals surface area contributed by atoms with Crippen molar-refractivity contribution in [3.8, 4) is 0 Å². The predicted octanol–water partition coefficient (Wildman–Crippen LogP) is 2.80. The highest BCUT2D eigenvalue weighted by atomic mass is 79.9. The third-order valence-electron chi connectivity index (χ3n) is 3.55. The molecule has 0 aliphatic heterocycles. The van der Waals surface area contributed by atoms with Crippen molar-refractivity contribution < 1.29 is 9.18 Å². The van der Waals surface area contributed by atoms with Crippen LogP contribution in [0.2, 0.25) is 0 Å². The summed E-state index contributed by atoms with van der Waals surface area (Å²) in [7, 11) is 2.09. The first-order valence-corrected chi connectivity index (χ1v) is 7.23. The van der Waals surface area contributed by atoms with Crippen LogP contribution in [0.15, 0.2) is 22.7 Å². The topological polar surface area (TPSA) is 32.3 Å². The first-order valence-electron chi connectivity index (χ1n) is 6.44. The van der Waals surface area contributed by atoms with Crippen LogP contribution in [0, 0.1) is 5.82 Å². The Hall–Kier alpha value is -0.940. The molecule has 1 aromatic carbocycles. The lowest BCUT2D eigenvalue weighted by Gasteiger charge is -2.24. The van der Waals surface area contributed by atoms with Gasteiger partial charge in [-0.25, -0.2) is 4.39 Å². The molecule has 5 heteroatoms. The molecule has 1 fully saturated rings. The molecule has 0 saturated heterocycles. The van der Waals surface area contributed by atoms with Gasteiger partial charge in [0.2, 0.25) is 0 Å². The lowest BCUT2D eigenvalue weighted by atomic mass is 10.2. The Kier molecular flexibility index (Phi) is 4.58. The molecule has 1 aromatic rings. The van der Waals surface area contributed by atoms with Crippen molar-refractivity contribution in [1.29, 1.82) is 0 Å². The quantitative estimate of drug-likeness (QED) is 0.901. The van der Waals surface area contributed by atoms with Gasteiger partial charge in [-0.1, -0.05) is 0 Å². The van der Waals surface area contributed by atoms with Gasteiger partial charge in [0, 0.05) is 23.1 Å². The maximum atomic E-state index is 13.0. The van der Waals surface area contributed by atoms with Crippen molar-refractivity contribution in [2.24, 2.45) is 0 Å². The van der Waals surface area contributed by atoms with Crippen LogP contribution < -0.4 is 5.32 Å². The molecule has 1 aliphatic carbocycles. The van der Waals surface area contributed by atoms with E-state index in [0.717, 1.165) is 0 Å². The Bertz CT molecular complexity index is 477. The van der Waals surface area contributed by atoms with Gasteiger partial charge in [-0.2, -0.15) is 0 Å². The van der Waals surface area contributed by atoms with Crippen molar-refractivity contribution in [1.82, 2.24) is 10.2 Å². The van der Waals surface area contributed by atoms with Crippen LogP contribution in [-0.4, -0.2) is 36.5 Å². The van der Waals surface area contributed by atoms with Gasteiger partial charge in [-0.15, -0.1) is 0 Å². The largest absolute Gasteiger partial charge is 0.350 e. The normalized spacial score (nSPS) is 16.5. The maximum Gasteiger partial charge on any atom is 0.252 e. The molecule has 1 aliphatic rings. The SMILES string of the molecule is CC(CNC(=O)c1ccc(F)cc1Br)N(C)C1CC1. The molecule has 0 heterocycles. The summed E-state index contributed by atoms with van der Waals surface area (Å²) in [4.78, 5) is 14.3. The molecule has 1 saturated carbocycles. The molecule has 1 amide bonds. The van der Waals surface area contributed by atoms with E-state index < -0.39 is 0 Å². The van der Waals surface area contributed by atoms with Crippen molar-refractivity contribution in [3.63, 3.8) is 0 Å². The average molecular weight is 329 g/mol. The molecule has 1 N–H and O–H groups in total. The fourth-order valence-electron chi connectivity index (χ4n) is 1.99. The molecule has 1 unspecified atom stereocenters. The lowest BCUT2D eigenvalue weighted by molar-refractivity contribution is 0.0938. The van der Waals surface area contributed by atoms with E-state index >= 15 is 0 Å². The van der Waals surface area contributed by atoms with Crippen LogP contribution in [0.3, 0.4) is 0 Å². The molecule has 1 atom stereocenters. The number of rotatable bonds is 5. The van der Waals surface area contributed by atoms with Gasteiger partial charge in [0.15, 0.2) is 0 Å². The highest BCUT2D eigenvalue weighted by molar-refractivity contribution is 9.10. The minimum Gasteiger partial charge on any atom is -0.350 e. The van der Waals surface area contributed by atoms with E-state index in [1.807, 2.05) is 0 Å². The van der Waals surface area contributed by atoms with Crippen LogP contribution in [0.5, 0.6) is 0 Å². The van der Waals surface area contributed by atoms with E-state index in [2.05, 4.69) is 40.1 Å². The Balaban J connectivity index is 1.89. The Morgan fingerprint density at radius 1 is 1.58 bits per heavy atom. The number of likely N-dealkylation sites (N-methyl/N-ethyl adjacent to an activating group) is 1. The van der Waals surface area contributed by atoms with Gasteiger partial charge < -0.3 is 5.32 Å². The number of hydrogen-bond acceptors (Lipinski definition) is 2. The zero-order valence-corrected chi connectivity index (χ0v) is 12.7. The second-order valence-electron chi connectivity index (χ2n) is 5.08. The van der Waals surface area contributed by atoms with Crippen LogP contribution >= 0.6 is 15.9 Å². The van der Waals surface area contributed by atoms with E-state index in [0.29, 0.717) is 28.7 Å². The summed E-state index contributed by atoms with van der Waals surface area (Å²) in [5.74, 6) is -0.534. The monoisotopic (exact) mass is 328 g/mol. The van der Waals surface area contributed by atoms with Crippen LogP contribution in [0.1, 0.15) is 30.1 Å². The zero-order valence-electron chi connectivity index (χ0n) is 11.1. The highest BCUT2D eigenvalue weighted by Crippen LogP contribution is 2.26. The smallest absolute Gasteiger partial charge is 0.252 e. The Labute approximate surface area is 121 Å². The summed E-state index contributed by atoms with van der Waals surface area (Å²) in [5, 5.41) is 2.89. The molecule has 2 rings (SSSR count). The summed E-state index contributed by atoms with van der Waals surface area (Å²) >= 11 is 3.21. The molecule has 104 valence electrons. The zero-order chi connectivity index (χ0) is 14.0. The third kappa shape index (κ3) is 3.76. The number of nitrogens with zero attached hydrogens (tertiary/aromatic N) is 1. The van der Waals surface area contributed by atoms with Crippen molar-refractivity contribution in [2.45, 2.75) is 31.8 Å². The van der Waals surface area contributed by atoms with Crippen molar-refractivity contribution >= 4 is 21.8 Å². The van der Waals surface area contributed by atoms with Crippen molar-refractivity contribution in [3.05, 3.63) is 34.1 Å². The van der Waals surface area contributed by atoms with Gasteiger partial charge in [0.1, 0.15) is 5.82 Å². The molecule has 19 heavy (non-hydrogen) atoms. The van der Waals surface area contributed by atoms with E-state index in [4.69, 9.17) is 0 Å². The highest BCUT2D eigenvalue weighted by Gasteiger charge is 2.29. The Morgan fingerprint density at radius 2 is 2.26 bits per heavy atom. The fourth-order valence-corrected chi connectivity index (χ4v) is 2.53. The van der Waals surface area contributed by atoms with Gasteiger partial charge in [0.25, 0.3) is 5.91 Å².